The molecule has 90 valence electrons. The summed E-state index contributed by atoms with van der Waals surface area (Å²) in [5.41, 5.74) is 5.36. The van der Waals surface area contributed by atoms with Crippen molar-refractivity contribution in [2.75, 3.05) is 0 Å². The maximum Gasteiger partial charge on any atom is 0.406 e. The Morgan fingerprint density at radius 2 is 2.25 bits per heavy atom. The predicted octanol–water partition coefficient (Wildman–Crippen LogP) is 0.400. The van der Waals surface area contributed by atoms with E-state index in [9.17, 15) is 18.0 Å². The van der Waals surface area contributed by atoms with E-state index in [0.717, 1.165) is 10.9 Å². The highest BCUT2D eigenvalue weighted by atomic mass is 19.4. The van der Waals surface area contributed by atoms with Gasteiger partial charge in [-0.15, -0.1) is 0 Å². The van der Waals surface area contributed by atoms with E-state index in [2.05, 4.69) is 4.98 Å². The Balaban J connectivity index is 2.75. The summed E-state index contributed by atoms with van der Waals surface area (Å²) in [6.45, 7) is -1.20. The lowest BCUT2D eigenvalue weighted by molar-refractivity contribution is -0.141. The minimum absolute atomic E-state index is 0.146. The Kier molecular flexibility index (Phi) is 3.53. The largest absolute Gasteiger partial charge is 0.480 e. The van der Waals surface area contributed by atoms with Crippen LogP contribution >= 0.6 is 0 Å². The first-order valence-corrected chi connectivity index (χ1v) is 4.34. The zero-order valence-corrected chi connectivity index (χ0v) is 8.11. The van der Waals surface area contributed by atoms with E-state index in [0.29, 0.717) is 0 Å². The van der Waals surface area contributed by atoms with Crippen LogP contribution < -0.4 is 5.73 Å². The number of aliphatic carboxylic acids is 1. The van der Waals surface area contributed by atoms with E-state index in [1.807, 2.05) is 0 Å². The van der Waals surface area contributed by atoms with Crippen molar-refractivity contribution in [2.24, 2.45) is 5.73 Å². The number of carboxylic acids is 1. The normalized spacial score (nSPS) is 13.8. The zero-order chi connectivity index (χ0) is 12.3. The Morgan fingerprint density at radius 1 is 1.62 bits per heavy atom. The Labute approximate surface area is 88.7 Å². The number of alkyl halides is 3. The molecule has 0 aromatic carbocycles. The molecule has 0 saturated heterocycles. The first-order chi connectivity index (χ1) is 7.29. The van der Waals surface area contributed by atoms with E-state index in [1.165, 1.54) is 6.20 Å². The van der Waals surface area contributed by atoms with Gasteiger partial charge in [-0.2, -0.15) is 13.2 Å². The van der Waals surface area contributed by atoms with Crippen molar-refractivity contribution in [2.45, 2.75) is 25.2 Å². The van der Waals surface area contributed by atoms with Gasteiger partial charge in [0.1, 0.15) is 12.6 Å². The molecule has 1 rings (SSSR count). The summed E-state index contributed by atoms with van der Waals surface area (Å²) in [4.78, 5) is 14.0. The van der Waals surface area contributed by atoms with Crippen LogP contribution in [0.4, 0.5) is 13.2 Å². The van der Waals surface area contributed by atoms with Gasteiger partial charge in [-0.25, -0.2) is 4.98 Å². The van der Waals surface area contributed by atoms with Crippen LogP contribution in [0.25, 0.3) is 0 Å². The lowest BCUT2D eigenvalue weighted by Crippen LogP contribution is -2.33. The lowest BCUT2D eigenvalue weighted by atomic mass is 10.2. The van der Waals surface area contributed by atoms with Crippen molar-refractivity contribution < 1.29 is 23.1 Å². The smallest absolute Gasteiger partial charge is 0.406 e. The summed E-state index contributed by atoms with van der Waals surface area (Å²) < 4.78 is 37.1. The molecule has 1 aromatic heterocycles. The fourth-order valence-corrected chi connectivity index (χ4v) is 1.17. The highest BCUT2D eigenvalue weighted by molar-refractivity contribution is 5.73. The first kappa shape index (κ1) is 12.5. The number of imidazole rings is 1. The highest BCUT2D eigenvalue weighted by Crippen LogP contribution is 2.18. The molecule has 0 aliphatic rings. The van der Waals surface area contributed by atoms with Gasteiger partial charge in [0.2, 0.25) is 0 Å². The van der Waals surface area contributed by atoms with Gasteiger partial charge < -0.3 is 15.4 Å². The molecule has 1 aromatic rings. The number of rotatable bonds is 4. The average molecular weight is 237 g/mol. The number of halogens is 3. The minimum atomic E-state index is -4.37. The van der Waals surface area contributed by atoms with Crippen molar-refractivity contribution in [3.05, 3.63) is 18.2 Å². The van der Waals surface area contributed by atoms with E-state index < -0.39 is 24.7 Å². The van der Waals surface area contributed by atoms with E-state index in [-0.39, 0.29) is 12.1 Å². The van der Waals surface area contributed by atoms with Gasteiger partial charge in [-0.3, -0.25) is 4.79 Å². The fraction of sp³-hybridized carbons (Fsp3) is 0.500. The Morgan fingerprint density at radius 3 is 2.75 bits per heavy atom. The van der Waals surface area contributed by atoms with Crippen LogP contribution in [0.1, 0.15) is 5.69 Å². The van der Waals surface area contributed by atoms with Crippen molar-refractivity contribution in [3.8, 4) is 0 Å². The summed E-state index contributed by atoms with van der Waals surface area (Å²) >= 11 is 0. The average Bonchev–Trinajstić information content (AvgIpc) is 2.49. The molecular formula is C8H10F3N3O2. The number of hydrogen-bond acceptors (Lipinski definition) is 3. The van der Waals surface area contributed by atoms with Crippen molar-refractivity contribution >= 4 is 5.97 Å². The minimum Gasteiger partial charge on any atom is -0.480 e. The SMILES string of the molecule is NC(Cc1cncn1CC(F)(F)F)C(=O)O. The molecule has 0 radical (unpaired) electrons. The molecule has 0 spiro atoms. The quantitative estimate of drug-likeness (QED) is 0.794. The van der Waals surface area contributed by atoms with Gasteiger partial charge >= 0.3 is 12.1 Å². The number of nitrogens with zero attached hydrogens (tertiary/aromatic N) is 2. The predicted molar refractivity (Wildman–Crippen MR) is 47.6 cm³/mol. The van der Waals surface area contributed by atoms with Gasteiger partial charge in [0.15, 0.2) is 0 Å². The second-order valence-corrected chi connectivity index (χ2v) is 3.28. The second kappa shape index (κ2) is 4.52. The molecule has 0 aliphatic heterocycles. The monoisotopic (exact) mass is 237 g/mol. The van der Waals surface area contributed by atoms with E-state index in [4.69, 9.17) is 10.8 Å². The lowest BCUT2D eigenvalue weighted by Gasteiger charge is -2.12. The third-order valence-corrected chi connectivity index (χ3v) is 1.89. The maximum absolute atomic E-state index is 12.1. The van der Waals surface area contributed by atoms with Gasteiger partial charge in [0.25, 0.3) is 0 Å². The molecule has 0 amide bonds. The van der Waals surface area contributed by atoms with Crippen molar-refractivity contribution in [3.63, 3.8) is 0 Å². The van der Waals surface area contributed by atoms with Gasteiger partial charge in [0.05, 0.1) is 6.33 Å². The molecule has 8 heteroatoms. The third kappa shape index (κ3) is 3.54. The second-order valence-electron chi connectivity index (χ2n) is 3.28. The standard InChI is InChI=1S/C8H10F3N3O2/c9-8(10,11)3-14-4-13-2-5(14)1-6(12)7(15)16/h2,4,6H,1,3,12H2,(H,15,16). The number of nitrogens with two attached hydrogens (primary N) is 1. The van der Waals surface area contributed by atoms with Crippen LogP contribution in [-0.2, 0) is 17.8 Å². The van der Waals surface area contributed by atoms with Crippen molar-refractivity contribution in [1.29, 1.82) is 0 Å². The molecular weight excluding hydrogens is 227 g/mol. The molecule has 1 heterocycles. The molecule has 0 saturated carbocycles. The Hall–Kier alpha value is -1.57. The number of carboxylic acid groups (broad SMARTS) is 1. The van der Waals surface area contributed by atoms with Crippen LogP contribution in [0.2, 0.25) is 0 Å². The molecule has 3 N–H and O–H groups in total. The van der Waals surface area contributed by atoms with Gasteiger partial charge in [-0.1, -0.05) is 0 Å². The summed E-state index contributed by atoms with van der Waals surface area (Å²) in [6, 6.07) is -1.23. The van der Waals surface area contributed by atoms with Crippen LogP contribution in [0.3, 0.4) is 0 Å². The van der Waals surface area contributed by atoms with E-state index in [1.54, 1.807) is 0 Å². The molecule has 1 atom stereocenters. The van der Waals surface area contributed by atoms with Crippen LogP contribution in [0.5, 0.6) is 0 Å². The molecule has 16 heavy (non-hydrogen) atoms. The van der Waals surface area contributed by atoms with Crippen molar-refractivity contribution in [1.82, 2.24) is 9.55 Å². The van der Waals surface area contributed by atoms with Crippen LogP contribution in [-0.4, -0.2) is 32.8 Å². The van der Waals surface area contributed by atoms with E-state index >= 15 is 0 Å². The summed E-state index contributed by atoms with van der Waals surface area (Å²) in [5, 5.41) is 8.53. The molecule has 0 aliphatic carbocycles. The summed E-state index contributed by atoms with van der Waals surface area (Å²) in [5.74, 6) is -1.26. The third-order valence-electron chi connectivity index (χ3n) is 1.89. The van der Waals surface area contributed by atoms with Crippen LogP contribution in [0, 0.1) is 0 Å². The van der Waals surface area contributed by atoms with Gasteiger partial charge in [-0.05, 0) is 0 Å². The molecule has 0 bridgehead atoms. The summed E-state index contributed by atoms with van der Waals surface area (Å²) in [6.07, 6.45) is -2.39. The van der Waals surface area contributed by atoms with Gasteiger partial charge in [0, 0.05) is 18.3 Å². The first-order valence-electron chi connectivity index (χ1n) is 4.34. The summed E-state index contributed by atoms with van der Waals surface area (Å²) in [7, 11) is 0. The Bertz CT molecular complexity index is 375. The number of hydrogen-bond donors (Lipinski definition) is 2. The number of carbonyl (C=O) groups is 1. The maximum atomic E-state index is 12.1. The molecule has 0 fully saturated rings. The number of aromatic nitrogens is 2. The highest BCUT2D eigenvalue weighted by Gasteiger charge is 2.29. The molecule has 1 unspecified atom stereocenters. The topological polar surface area (TPSA) is 81.1 Å². The fourth-order valence-electron chi connectivity index (χ4n) is 1.17. The molecule has 5 nitrogen and oxygen atoms in total. The van der Waals surface area contributed by atoms with Crippen LogP contribution in [0.15, 0.2) is 12.5 Å². The zero-order valence-electron chi connectivity index (χ0n) is 8.11.